The van der Waals surface area contributed by atoms with Crippen molar-refractivity contribution in [2.75, 3.05) is 19.6 Å². The third kappa shape index (κ3) is 4.89. The maximum absolute atomic E-state index is 12.3. The molecule has 0 amide bonds. The average Bonchev–Trinajstić information content (AvgIpc) is 3.13. The van der Waals surface area contributed by atoms with Gasteiger partial charge in [0, 0.05) is 6.04 Å². The lowest BCUT2D eigenvalue weighted by Crippen LogP contribution is -2.44. The molecule has 0 bridgehead atoms. The van der Waals surface area contributed by atoms with Gasteiger partial charge in [-0.15, -0.1) is 11.3 Å². The highest BCUT2D eigenvalue weighted by molar-refractivity contribution is 7.91. The van der Waals surface area contributed by atoms with Crippen LogP contribution in [-0.4, -0.2) is 39.0 Å². The molecule has 0 atom stereocenters. The van der Waals surface area contributed by atoms with Gasteiger partial charge in [0.2, 0.25) is 10.0 Å². The van der Waals surface area contributed by atoms with Crippen LogP contribution in [-0.2, 0) is 16.4 Å². The molecule has 1 aromatic heterocycles. The highest BCUT2D eigenvalue weighted by Crippen LogP contribution is 2.19. The van der Waals surface area contributed by atoms with Crippen LogP contribution in [0.15, 0.2) is 52.1 Å². The van der Waals surface area contributed by atoms with E-state index in [-0.39, 0.29) is 6.04 Å². The van der Waals surface area contributed by atoms with E-state index >= 15 is 0 Å². The van der Waals surface area contributed by atoms with Crippen molar-refractivity contribution in [2.24, 2.45) is 0 Å². The van der Waals surface area contributed by atoms with Crippen LogP contribution in [0.2, 0.25) is 0 Å². The molecular formula is C18H24N2O2S2. The first kappa shape index (κ1) is 17.6. The standard InChI is InChI=1S/C18H24N2O2S2/c21-24(22,18-9-5-15-23-18)19-17-10-13-20(14-11-17)12-4-8-16-6-2-1-3-7-16/h1-3,5-7,9,15,17,19H,4,8,10-14H2. The maximum atomic E-state index is 12.3. The Kier molecular flexibility index (Phi) is 6.05. The van der Waals surface area contributed by atoms with Crippen LogP contribution in [0.25, 0.3) is 0 Å². The number of benzene rings is 1. The van der Waals surface area contributed by atoms with E-state index in [2.05, 4.69) is 33.9 Å². The summed E-state index contributed by atoms with van der Waals surface area (Å²) in [7, 11) is -3.34. The zero-order chi connectivity index (χ0) is 16.8. The van der Waals surface area contributed by atoms with Gasteiger partial charge in [-0.2, -0.15) is 0 Å². The summed E-state index contributed by atoms with van der Waals surface area (Å²) in [6.45, 7) is 3.01. The monoisotopic (exact) mass is 364 g/mol. The van der Waals surface area contributed by atoms with Crippen LogP contribution in [0.5, 0.6) is 0 Å². The summed E-state index contributed by atoms with van der Waals surface area (Å²) in [6, 6.07) is 14.0. The van der Waals surface area contributed by atoms with E-state index in [9.17, 15) is 8.42 Å². The number of aryl methyl sites for hydroxylation is 1. The van der Waals surface area contributed by atoms with Crippen LogP contribution in [0.4, 0.5) is 0 Å². The van der Waals surface area contributed by atoms with E-state index in [1.807, 2.05) is 6.07 Å². The highest BCUT2D eigenvalue weighted by Gasteiger charge is 2.24. The fourth-order valence-electron chi connectivity index (χ4n) is 3.12. The Hall–Kier alpha value is -1.21. The molecule has 1 saturated heterocycles. The second-order valence-electron chi connectivity index (χ2n) is 6.26. The molecule has 1 aromatic carbocycles. The quantitative estimate of drug-likeness (QED) is 0.821. The van der Waals surface area contributed by atoms with Gasteiger partial charge < -0.3 is 4.90 Å². The number of likely N-dealkylation sites (tertiary alicyclic amines) is 1. The molecule has 6 heteroatoms. The topological polar surface area (TPSA) is 49.4 Å². The van der Waals surface area contributed by atoms with Crippen molar-refractivity contribution in [3.8, 4) is 0 Å². The molecule has 3 rings (SSSR count). The summed E-state index contributed by atoms with van der Waals surface area (Å²) in [5, 5.41) is 1.80. The van der Waals surface area contributed by atoms with Crippen molar-refractivity contribution in [2.45, 2.75) is 35.9 Å². The average molecular weight is 365 g/mol. The Balaban J connectivity index is 1.40. The van der Waals surface area contributed by atoms with E-state index in [0.29, 0.717) is 4.21 Å². The van der Waals surface area contributed by atoms with Crippen LogP contribution < -0.4 is 4.72 Å². The van der Waals surface area contributed by atoms with E-state index in [1.54, 1.807) is 17.5 Å². The van der Waals surface area contributed by atoms with E-state index in [1.165, 1.54) is 16.9 Å². The van der Waals surface area contributed by atoms with Crippen molar-refractivity contribution in [3.05, 3.63) is 53.4 Å². The predicted molar refractivity (Wildman–Crippen MR) is 98.9 cm³/mol. The minimum Gasteiger partial charge on any atom is -0.303 e. The second kappa shape index (κ2) is 8.25. The third-order valence-electron chi connectivity index (χ3n) is 4.45. The van der Waals surface area contributed by atoms with Crippen molar-refractivity contribution < 1.29 is 8.42 Å². The van der Waals surface area contributed by atoms with E-state index < -0.39 is 10.0 Å². The van der Waals surface area contributed by atoms with Gasteiger partial charge in [-0.1, -0.05) is 36.4 Å². The molecule has 0 radical (unpaired) electrons. The molecule has 1 N–H and O–H groups in total. The van der Waals surface area contributed by atoms with E-state index in [0.717, 1.165) is 45.3 Å². The Morgan fingerprint density at radius 3 is 2.50 bits per heavy atom. The number of nitrogens with zero attached hydrogens (tertiary/aromatic N) is 1. The smallest absolute Gasteiger partial charge is 0.250 e. The van der Waals surface area contributed by atoms with Gasteiger partial charge >= 0.3 is 0 Å². The zero-order valence-corrected chi connectivity index (χ0v) is 15.4. The summed E-state index contributed by atoms with van der Waals surface area (Å²) in [5.74, 6) is 0. The largest absolute Gasteiger partial charge is 0.303 e. The van der Waals surface area contributed by atoms with Gasteiger partial charge in [-0.25, -0.2) is 13.1 Å². The minimum absolute atomic E-state index is 0.0578. The number of piperidine rings is 1. The van der Waals surface area contributed by atoms with Gasteiger partial charge in [0.25, 0.3) is 0 Å². The summed E-state index contributed by atoms with van der Waals surface area (Å²) < 4.78 is 27.8. The minimum atomic E-state index is -3.34. The Morgan fingerprint density at radius 1 is 1.08 bits per heavy atom. The summed E-state index contributed by atoms with van der Waals surface area (Å²) in [4.78, 5) is 2.44. The summed E-state index contributed by atoms with van der Waals surface area (Å²) in [5.41, 5.74) is 1.39. The lowest BCUT2D eigenvalue weighted by molar-refractivity contribution is 0.205. The molecule has 0 spiro atoms. The Bertz CT molecular complexity index is 707. The maximum Gasteiger partial charge on any atom is 0.250 e. The summed E-state index contributed by atoms with van der Waals surface area (Å²) in [6.07, 6.45) is 4.02. The molecule has 130 valence electrons. The van der Waals surface area contributed by atoms with Crippen molar-refractivity contribution in [1.82, 2.24) is 9.62 Å². The fraction of sp³-hybridized carbons (Fsp3) is 0.444. The molecule has 4 nitrogen and oxygen atoms in total. The van der Waals surface area contributed by atoms with Gasteiger partial charge in [-0.3, -0.25) is 0 Å². The number of rotatable bonds is 7. The van der Waals surface area contributed by atoms with E-state index in [4.69, 9.17) is 0 Å². The molecule has 2 aromatic rings. The SMILES string of the molecule is O=S(=O)(NC1CCN(CCCc2ccccc2)CC1)c1cccs1. The number of hydrogen-bond donors (Lipinski definition) is 1. The van der Waals surface area contributed by atoms with Crippen molar-refractivity contribution in [3.63, 3.8) is 0 Å². The van der Waals surface area contributed by atoms with Crippen molar-refractivity contribution >= 4 is 21.4 Å². The molecule has 0 aliphatic carbocycles. The number of hydrogen-bond acceptors (Lipinski definition) is 4. The first-order valence-electron chi connectivity index (χ1n) is 8.45. The van der Waals surface area contributed by atoms with Crippen molar-refractivity contribution in [1.29, 1.82) is 0 Å². The molecule has 1 fully saturated rings. The van der Waals surface area contributed by atoms with Crippen LogP contribution >= 0.6 is 11.3 Å². The number of thiophene rings is 1. The molecule has 1 aliphatic rings. The Labute approximate surface area is 148 Å². The second-order valence-corrected chi connectivity index (χ2v) is 9.15. The summed E-state index contributed by atoms with van der Waals surface area (Å²) >= 11 is 1.27. The van der Waals surface area contributed by atoms with Crippen LogP contribution in [0.1, 0.15) is 24.8 Å². The Morgan fingerprint density at radius 2 is 1.83 bits per heavy atom. The fourth-order valence-corrected chi connectivity index (χ4v) is 5.43. The van der Waals surface area contributed by atoms with Crippen LogP contribution in [0.3, 0.4) is 0 Å². The first-order valence-corrected chi connectivity index (χ1v) is 10.8. The van der Waals surface area contributed by atoms with Crippen LogP contribution in [0, 0.1) is 0 Å². The first-order chi connectivity index (χ1) is 11.6. The highest BCUT2D eigenvalue weighted by atomic mass is 32.2. The zero-order valence-electron chi connectivity index (χ0n) is 13.7. The van der Waals surface area contributed by atoms with Gasteiger partial charge in [0.1, 0.15) is 4.21 Å². The molecule has 2 heterocycles. The van der Waals surface area contributed by atoms with Gasteiger partial charge in [0.05, 0.1) is 0 Å². The molecule has 1 aliphatic heterocycles. The number of nitrogens with one attached hydrogen (secondary N) is 1. The molecular weight excluding hydrogens is 340 g/mol. The lowest BCUT2D eigenvalue weighted by Gasteiger charge is -2.32. The molecule has 0 unspecified atom stereocenters. The lowest BCUT2D eigenvalue weighted by atomic mass is 10.1. The predicted octanol–water partition coefficient (Wildman–Crippen LogP) is 3.12. The number of sulfonamides is 1. The normalized spacial score (nSPS) is 17.2. The van der Waals surface area contributed by atoms with Gasteiger partial charge in [-0.05, 0) is 62.3 Å². The molecule has 24 heavy (non-hydrogen) atoms. The van der Waals surface area contributed by atoms with Gasteiger partial charge in [0.15, 0.2) is 0 Å². The third-order valence-corrected chi connectivity index (χ3v) is 7.37. The molecule has 0 saturated carbocycles.